The second kappa shape index (κ2) is 10.0. The first-order valence-corrected chi connectivity index (χ1v) is 11.0. The van der Waals surface area contributed by atoms with E-state index in [2.05, 4.69) is 10.2 Å². The van der Waals surface area contributed by atoms with Crippen molar-refractivity contribution >= 4 is 15.9 Å². The van der Waals surface area contributed by atoms with E-state index in [1.165, 1.54) is 42.4 Å². The van der Waals surface area contributed by atoms with Crippen molar-refractivity contribution < 1.29 is 13.2 Å². The molecule has 0 aromatic heterocycles. The van der Waals surface area contributed by atoms with Gasteiger partial charge in [0.15, 0.2) is 0 Å². The maximum atomic E-state index is 12.4. The van der Waals surface area contributed by atoms with Crippen LogP contribution in [0.15, 0.2) is 29.2 Å². The lowest BCUT2D eigenvalue weighted by molar-refractivity contribution is 0.0952. The molecule has 2 rings (SSSR count). The summed E-state index contributed by atoms with van der Waals surface area (Å²) in [7, 11) is -3.48. The van der Waals surface area contributed by atoms with Gasteiger partial charge in [0.05, 0.1) is 4.90 Å². The van der Waals surface area contributed by atoms with Gasteiger partial charge in [-0.1, -0.05) is 13.8 Å². The van der Waals surface area contributed by atoms with E-state index in [1.807, 2.05) is 13.8 Å². The van der Waals surface area contributed by atoms with Crippen LogP contribution in [-0.2, 0) is 10.0 Å². The number of sulfonamides is 1. The summed E-state index contributed by atoms with van der Waals surface area (Å²) in [5.41, 5.74) is 0.489. The molecule has 7 heteroatoms. The van der Waals surface area contributed by atoms with Crippen LogP contribution in [0.5, 0.6) is 0 Å². The van der Waals surface area contributed by atoms with Crippen molar-refractivity contribution in [2.24, 2.45) is 0 Å². The van der Waals surface area contributed by atoms with E-state index in [0.29, 0.717) is 25.2 Å². The molecule has 0 spiro atoms. The molecule has 26 heavy (non-hydrogen) atoms. The van der Waals surface area contributed by atoms with Gasteiger partial charge in [0, 0.05) is 25.2 Å². The molecule has 0 saturated carbocycles. The van der Waals surface area contributed by atoms with Crippen LogP contribution in [0.3, 0.4) is 0 Å². The zero-order valence-electron chi connectivity index (χ0n) is 15.9. The third-order valence-corrected chi connectivity index (χ3v) is 6.91. The Kier molecular flexibility index (Phi) is 8.06. The van der Waals surface area contributed by atoms with Gasteiger partial charge in [-0.05, 0) is 69.6 Å². The van der Waals surface area contributed by atoms with Gasteiger partial charge in [0.25, 0.3) is 5.91 Å². The Balaban J connectivity index is 1.80. The van der Waals surface area contributed by atoms with Gasteiger partial charge in [-0.25, -0.2) is 8.42 Å². The highest BCUT2D eigenvalue weighted by Gasteiger charge is 2.21. The van der Waals surface area contributed by atoms with Crippen molar-refractivity contribution in [3.05, 3.63) is 29.8 Å². The fourth-order valence-electron chi connectivity index (χ4n) is 3.26. The molecule has 146 valence electrons. The Bertz CT molecular complexity index is 664. The van der Waals surface area contributed by atoms with Crippen LogP contribution in [0.4, 0.5) is 0 Å². The van der Waals surface area contributed by atoms with Crippen molar-refractivity contribution in [1.29, 1.82) is 0 Å². The van der Waals surface area contributed by atoms with Gasteiger partial charge >= 0.3 is 0 Å². The Labute approximate surface area is 157 Å². The number of benzene rings is 1. The molecule has 1 aliphatic heterocycles. The Morgan fingerprint density at radius 3 is 2.27 bits per heavy atom. The minimum absolute atomic E-state index is 0.155. The van der Waals surface area contributed by atoms with E-state index in [1.54, 1.807) is 12.1 Å². The van der Waals surface area contributed by atoms with Crippen LogP contribution in [0.25, 0.3) is 0 Å². The van der Waals surface area contributed by atoms with E-state index >= 15 is 0 Å². The molecule has 1 N–H and O–H groups in total. The van der Waals surface area contributed by atoms with Crippen LogP contribution in [0, 0.1) is 0 Å². The molecule has 6 nitrogen and oxygen atoms in total. The van der Waals surface area contributed by atoms with Crippen molar-refractivity contribution in [2.45, 2.75) is 44.4 Å². The number of nitrogens with zero attached hydrogens (tertiary/aromatic N) is 2. The average molecular weight is 382 g/mol. The van der Waals surface area contributed by atoms with Crippen LogP contribution in [-0.4, -0.2) is 62.8 Å². The van der Waals surface area contributed by atoms with Gasteiger partial charge in [0.2, 0.25) is 10.0 Å². The number of hydrogen-bond donors (Lipinski definition) is 1. The fraction of sp³-hybridized carbons (Fsp3) is 0.632. The minimum atomic E-state index is -3.48. The molecule has 0 radical (unpaired) electrons. The average Bonchev–Trinajstić information content (AvgIpc) is 3.15. The first kappa shape index (κ1) is 20.9. The molecule has 1 aromatic carbocycles. The number of rotatable bonds is 10. The predicted molar refractivity (Wildman–Crippen MR) is 104 cm³/mol. The van der Waals surface area contributed by atoms with Crippen molar-refractivity contribution in [3.63, 3.8) is 0 Å². The summed E-state index contributed by atoms with van der Waals surface area (Å²) >= 11 is 0. The molecule has 0 aliphatic carbocycles. The number of hydrogen-bond acceptors (Lipinski definition) is 4. The van der Waals surface area contributed by atoms with Gasteiger partial charge in [0.1, 0.15) is 0 Å². The summed E-state index contributed by atoms with van der Waals surface area (Å²) in [5.74, 6) is -0.155. The van der Waals surface area contributed by atoms with Gasteiger partial charge in [-0.15, -0.1) is 0 Å². The first-order valence-electron chi connectivity index (χ1n) is 9.59. The molecule has 1 aliphatic rings. The van der Waals surface area contributed by atoms with Gasteiger partial charge < -0.3 is 10.2 Å². The summed E-state index contributed by atoms with van der Waals surface area (Å²) < 4.78 is 26.3. The summed E-state index contributed by atoms with van der Waals surface area (Å²) in [6.45, 7) is 8.64. The molecule has 1 fully saturated rings. The first-order chi connectivity index (χ1) is 12.5. The normalized spacial score (nSPS) is 15.5. The Morgan fingerprint density at radius 1 is 1.08 bits per heavy atom. The maximum Gasteiger partial charge on any atom is 0.251 e. The SMILES string of the molecule is CCN(CC)S(=O)(=O)c1ccc(C(=O)NCCCCN2CCCC2)cc1. The standard InChI is InChI=1S/C19H31N3O3S/c1-3-22(4-2)26(24,25)18-11-9-17(10-12-18)19(23)20-13-5-6-14-21-15-7-8-16-21/h9-12H,3-8,13-16H2,1-2H3,(H,20,23). The number of unbranched alkanes of at least 4 members (excludes halogenated alkanes) is 1. The number of amides is 1. The molecular formula is C19H31N3O3S. The van der Waals surface area contributed by atoms with Crippen LogP contribution in [0.2, 0.25) is 0 Å². The second-order valence-electron chi connectivity index (χ2n) is 6.63. The summed E-state index contributed by atoms with van der Waals surface area (Å²) in [6, 6.07) is 6.18. The molecule has 0 atom stereocenters. The molecule has 0 unspecified atom stereocenters. The molecule has 0 bridgehead atoms. The molecule has 1 aromatic rings. The van der Waals surface area contributed by atoms with Gasteiger partial charge in [-0.3, -0.25) is 4.79 Å². The summed E-state index contributed by atoms with van der Waals surface area (Å²) in [4.78, 5) is 14.9. The lowest BCUT2D eigenvalue weighted by Gasteiger charge is -2.18. The Hall–Kier alpha value is -1.44. The van der Waals surface area contributed by atoms with Crippen molar-refractivity contribution in [3.8, 4) is 0 Å². The van der Waals surface area contributed by atoms with Crippen molar-refractivity contribution in [2.75, 3.05) is 39.3 Å². The largest absolute Gasteiger partial charge is 0.352 e. The highest BCUT2D eigenvalue weighted by Crippen LogP contribution is 2.16. The van der Waals surface area contributed by atoms with Crippen LogP contribution in [0.1, 0.15) is 49.9 Å². The minimum Gasteiger partial charge on any atom is -0.352 e. The molecule has 1 amide bonds. The summed E-state index contributed by atoms with van der Waals surface area (Å²) in [5, 5.41) is 2.91. The van der Waals surface area contributed by atoms with Crippen LogP contribution >= 0.6 is 0 Å². The zero-order chi connectivity index (χ0) is 19.0. The summed E-state index contributed by atoms with van der Waals surface area (Å²) in [6.07, 6.45) is 4.64. The molecule has 1 heterocycles. The number of nitrogens with one attached hydrogen (secondary N) is 1. The van der Waals surface area contributed by atoms with E-state index in [-0.39, 0.29) is 10.8 Å². The number of likely N-dealkylation sites (tertiary alicyclic amines) is 1. The van der Waals surface area contributed by atoms with E-state index < -0.39 is 10.0 Å². The second-order valence-corrected chi connectivity index (χ2v) is 8.56. The highest BCUT2D eigenvalue weighted by atomic mass is 32.2. The monoisotopic (exact) mass is 381 g/mol. The lowest BCUT2D eigenvalue weighted by atomic mass is 10.2. The number of carbonyl (C=O) groups excluding carboxylic acids is 1. The Morgan fingerprint density at radius 2 is 1.69 bits per heavy atom. The smallest absolute Gasteiger partial charge is 0.251 e. The lowest BCUT2D eigenvalue weighted by Crippen LogP contribution is -2.30. The third kappa shape index (κ3) is 5.53. The number of carbonyl (C=O) groups is 1. The van der Waals surface area contributed by atoms with Gasteiger partial charge in [-0.2, -0.15) is 4.31 Å². The quantitative estimate of drug-likeness (QED) is 0.632. The van der Waals surface area contributed by atoms with E-state index in [9.17, 15) is 13.2 Å². The predicted octanol–water partition coefficient (Wildman–Crippen LogP) is 2.32. The van der Waals surface area contributed by atoms with Crippen molar-refractivity contribution in [1.82, 2.24) is 14.5 Å². The fourth-order valence-corrected chi connectivity index (χ4v) is 4.72. The van der Waals surface area contributed by atoms with E-state index in [0.717, 1.165) is 19.4 Å². The highest BCUT2D eigenvalue weighted by molar-refractivity contribution is 7.89. The maximum absolute atomic E-state index is 12.4. The van der Waals surface area contributed by atoms with E-state index in [4.69, 9.17) is 0 Å². The molecule has 1 saturated heterocycles. The zero-order valence-corrected chi connectivity index (χ0v) is 16.7. The topological polar surface area (TPSA) is 69.7 Å². The molecular weight excluding hydrogens is 350 g/mol. The third-order valence-electron chi connectivity index (χ3n) is 4.85. The van der Waals surface area contributed by atoms with Crippen LogP contribution < -0.4 is 5.32 Å².